The Bertz CT molecular complexity index is 292. The molecular formula is C10H16O3S2. The first-order valence-corrected chi connectivity index (χ1v) is 7.59. The first kappa shape index (κ1) is 11.5. The summed E-state index contributed by atoms with van der Waals surface area (Å²) in [5, 5.41) is 0. The molecule has 0 radical (unpaired) electrons. The minimum absolute atomic E-state index is 0.0236. The summed E-state index contributed by atoms with van der Waals surface area (Å²) in [7, 11) is 0.671. The minimum Gasteiger partial charge on any atom is -0.469 e. The van der Waals surface area contributed by atoms with Gasteiger partial charge in [-0.05, 0) is 31.4 Å². The molecule has 1 heterocycles. The molecule has 1 saturated heterocycles. The zero-order valence-corrected chi connectivity index (χ0v) is 10.5. The van der Waals surface area contributed by atoms with Crippen LogP contribution in [-0.2, 0) is 20.3 Å². The number of esters is 1. The molecule has 86 valence electrons. The molecule has 1 spiro atoms. The Morgan fingerprint density at radius 2 is 2.40 bits per heavy atom. The van der Waals surface area contributed by atoms with Crippen molar-refractivity contribution < 1.29 is 13.7 Å². The van der Waals surface area contributed by atoms with Crippen LogP contribution >= 0.6 is 11.8 Å². The molecule has 1 aliphatic heterocycles. The van der Waals surface area contributed by atoms with E-state index < -0.39 is 10.8 Å². The van der Waals surface area contributed by atoms with Gasteiger partial charge < -0.3 is 4.74 Å². The number of thioether (sulfide) groups is 1. The Labute approximate surface area is 96.8 Å². The molecule has 0 bridgehead atoms. The van der Waals surface area contributed by atoms with Gasteiger partial charge in [0, 0.05) is 16.6 Å². The lowest BCUT2D eigenvalue weighted by Gasteiger charge is -2.31. The van der Waals surface area contributed by atoms with E-state index in [9.17, 15) is 9.00 Å². The average Bonchev–Trinajstić information content (AvgIpc) is 2.67. The predicted molar refractivity (Wildman–Crippen MR) is 62.2 cm³/mol. The number of ether oxygens (including phenoxy) is 1. The van der Waals surface area contributed by atoms with Crippen molar-refractivity contribution >= 4 is 28.5 Å². The number of carbonyl (C=O) groups is 1. The van der Waals surface area contributed by atoms with E-state index in [-0.39, 0.29) is 16.0 Å². The van der Waals surface area contributed by atoms with E-state index in [4.69, 9.17) is 4.74 Å². The summed E-state index contributed by atoms with van der Waals surface area (Å²) in [6.07, 6.45) is 3.54. The van der Waals surface area contributed by atoms with Gasteiger partial charge in [0.2, 0.25) is 0 Å². The summed E-state index contributed by atoms with van der Waals surface area (Å²) in [6, 6.07) is 0. The van der Waals surface area contributed by atoms with Crippen LogP contribution in [0, 0.1) is 5.92 Å². The highest BCUT2D eigenvalue weighted by Gasteiger charge is 2.48. The van der Waals surface area contributed by atoms with Gasteiger partial charge in [0.05, 0.1) is 17.1 Å². The van der Waals surface area contributed by atoms with Crippen LogP contribution in [0.3, 0.4) is 0 Å². The topological polar surface area (TPSA) is 43.4 Å². The number of carbonyl (C=O) groups excluding carboxylic acids is 1. The van der Waals surface area contributed by atoms with Crippen LogP contribution in [0.4, 0.5) is 0 Å². The molecule has 0 N–H and O–H groups in total. The molecule has 0 aromatic heterocycles. The van der Waals surface area contributed by atoms with Gasteiger partial charge in [0.25, 0.3) is 0 Å². The summed E-state index contributed by atoms with van der Waals surface area (Å²) >= 11 is 1.80. The second kappa shape index (κ2) is 4.45. The quantitative estimate of drug-likeness (QED) is 0.660. The number of hydrogen-bond acceptors (Lipinski definition) is 4. The molecule has 15 heavy (non-hydrogen) atoms. The zero-order chi connectivity index (χ0) is 10.9. The SMILES string of the molecule is COC(=O)[C@@H]1CC[C@]2(C1)SCCC[S@@]2=O. The van der Waals surface area contributed by atoms with E-state index in [1.807, 2.05) is 0 Å². The highest BCUT2D eigenvalue weighted by molar-refractivity contribution is 8.13. The van der Waals surface area contributed by atoms with Crippen LogP contribution in [0.5, 0.6) is 0 Å². The van der Waals surface area contributed by atoms with Gasteiger partial charge in [0.15, 0.2) is 0 Å². The monoisotopic (exact) mass is 248 g/mol. The van der Waals surface area contributed by atoms with Crippen molar-refractivity contribution in [1.29, 1.82) is 0 Å². The second-order valence-corrected chi connectivity index (χ2v) is 7.74. The normalized spacial score (nSPS) is 40.6. The summed E-state index contributed by atoms with van der Waals surface area (Å²) in [5.74, 6) is 1.74. The van der Waals surface area contributed by atoms with Crippen molar-refractivity contribution in [2.75, 3.05) is 18.6 Å². The van der Waals surface area contributed by atoms with Crippen molar-refractivity contribution in [2.45, 2.75) is 29.8 Å². The Morgan fingerprint density at radius 1 is 1.60 bits per heavy atom. The molecule has 1 aliphatic carbocycles. The summed E-state index contributed by atoms with van der Waals surface area (Å²) < 4.78 is 16.6. The maximum atomic E-state index is 12.0. The molecule has 1 saturated carbocycles. The van der Waals surface area contributed by atoms with E-state index in [1.54, 1.807) is 11.8 Å². The lowest BCUT2D eigenvalue weighted by molar-refractivity contribution is -0.145. The summed E-state index contributed by atoms with van der Waals surface area (Å²) in [4.78, 5) is 11.4. The maximum absolute atomic E-state index is 12.0. The van der Waals surface area contributed by atoms with Crippen molar-refractivity contribution in [2.24, 2.45) is 5.92 Å². The maximum Gasteiger partial charge on any atom is 0.308 e. The molecule has 3 atom stereocenters. The van der Waals surface area contributed by atoms with Crippen LogP contribution < -0.4 is 0 Å². The van der Waals surface area contributed by atoms with E-state index in [0.717, 1.165) is 37.2 Å². The molecule has 5 heteroatoms. The first-order chi connectivity index (χ1) is 7.18. The van der Waals surface area contributed by atoms with Crippen molar-refractivity contribution in [1.82, 2.24) is 0 Å². The van der Waals surface area contributed by atoms with E-state index >= 15 is 0 Å². The lowest BCUT2D eigenvalue weighted by atomic mass is 10.1. The predicted octanol–water partition coefficient (Wildman–Crippen LogP) is 1.54. The second-order valence-electron chi connectivity index (χ2n) is 4.13. The van der Waals surface area contributed by atoms with Crippen LogP contribution in [0.1, 0.15) is 25.7 Å². The van der Waals surface area contributed by atoms with Crippen LogP contribution in [0.2, 0.25) is 0 Å². The number of rotatable bonds is 1. The molecule has 2 fully saturated rings. The van der Waals surface area contributed by atoms with Gasteiger partial charge >= 0.3 is 5.97 Å². The third kappa shape index (κ3) is 2.09. The lowest BCUT2D eigenvalue weighted by Crippen LogP contribution is -2.34. The average molecular weight is 248 g/mol. The van der Waals surface area contributed by atoms with Crippen LogP contribution in [-0.4, -0.2) is 32.9 Å². The largest absolute Gasteiger partial charge is 0.469 e. The highest BCUT2D eigenvalue weighted by atomic mass is 32.2. The van der Waals surface area contributed by atoms with E-state index in [0.29, 0.717) is 0 Å². The highest BCUT2D eigenvalue weighted by Crippen LogP contribution is 2.49. The molecule has 0 aromatic rings. The number of methoxy groups -OCH3 is 1. The molecule has 2 aliphatic rings. The minimum atomic E-state index is -0.758. The van der Waals surface area contributed by atoms with Crippen molar-refractivity contribution in [3.8, 4) is 0 Å². The number of hydrogen-bond donors (Lipinski definition) is 0. The van der Waals surface area contributed by atoms with Gasteiger partial charge in [-0.2, -0.15) is 0 Å². The van der Waals surface area contributed by atoms with E-state index in [1.165, 1.54) is 7.11 Å². The molecule has 2 rings (SSSR count). The third-order valence-corrected chi connectivity index (χ3v) is 7.38. The van der Waals surface area contributed by atoms with Crippen molar-refractivity contribution in [3.05, 3.63) is 0 Å². The summed E-state index contributed by atoms with van der Waals surface area (Å²) in [5.41, 5.74) is 0. The van der Waals surface area contributed by atoms with Gasteiger partial charge in [-0.3, -0.25) is 9.00 Å². The fourth-order valence-electron chi connectivity index (χ4n) is 2.38. The van der Waals surface area contributed by atoms with E-state index in [2.05, 4.69) is 0 Å². The molecule has 3 nitrogen and oxygen atoms in total. The standard InChI is InChI=1S/C10H16O3S2/c1-13-9(11)8-3-4-10(7-8)14-5-2-6-15(10)12/h8H,2-7H2,1H3/t8-,10+,15+/m1/s1. The summed E-state index contributed by atoms with van der Waals surface area (Å²) in [6.45, 7) is 0. The van der Waals surface area contributed by atoms with Crippen LogP contribution in [0.25, 0.3) is 0 Å². The first-order valence-electron chi connectivity index (χ1n) is 5.28. The molecule has 0 amide bonds. The smallest absolute Gasteiger partial charge is 0.308 e. The van der Waals surface area contributed by atoms with Gasteiger partial charge in [-0.1, -0.05) is 0 Å². The molecule has 0 unspecified atom stereocenters. The van der Waals surface area contributed by atoms with Gasteiger partial charge in [-0.25, -0.2) is 0 Å². The Hall–Kier alpha value is -0.0300. The molecular weight excluding hydrogens is 232 g/mol. The molecule has 0 aromatic carbocycles. The van der Waals surface area contributed by atoms with Crippen molar-refractivity contribution in [3.63, 3.8) is 0 Å². The third-order valence-electron chi connectivity index (χ3n) is 3.22. The fraction of sp³-hybridized carbons (Fsp3) is 0.900. The van der Waals surface area contributed by atoms with Gasteiger partial charge in [-0.15, -0.1) is 11.8 Å². The zero-order valence-electron chi connectivity index (χ0n) is 8.86. The van der Waals surface area contributed by atoms with Crippen LogP contribution in [0.15, 0.2) is 0 Å². The Morgan fingerprint density at radius 3 is 3.07 bits per heavy atom. The fourth-order valence-corrected chi connectivity index (χ4v) is 6.34. The Kier molecular flexibility index (Phi) is 3.40. The Balaban J connectivity index is 2.06. The van der Waals surface area contributed by atoms with Gasteiger partial charge in [0.1, 0.15) is 0 Å².